The molecule has 1 aliphatic rings. The van der Waals surface area contributed by atoms with Gasteiger partial charge in [0.25, 0.3) is 0 Å². The third-order valence-corrected chi connectivity index (χ3v) is 6.70. The normalized spacial score (nSPS) is 17.4. The van der Waals surface area contributed by atoms with Crippen molar-refractivity contribution in [3.8, 4) is 0 Å². The average Bonchev–Trinajstić information content (AvgIpc) is 3.20. The summed E-state index contributed by atoms with van der Waals surface area (Å²) in [6.07, 6.45) is 6.73. The third-order valence-electron chi connectivity index (χ3n) is 4.54. The molecule has 3 heterocycles. The van der Waals surface area contributed by atoms with Gasteiger partial charge in [-0.2, -0.15) is 9.61 Å². The zero-order valence-corrected chi connectivity index (χ0v) is 15.9. The highest BCUT2D eigenvalue weighted by molar-refractivity contribution is 7.88. The lowest BCUT2D eigenvalue weighted by Gasteiger charge is -2.28. The molecule has 0 saturated carbocycles. The van der Waals surface area contributed by atoms with E-state index in [1.54, 1.807) is 4.52 Å². The van der Waals surface area contributed by atoms with Gasteiger partial charge in [-0.1, -0.05) is 47.7 Å². The molecule has 9 heteroatoms. The van der Waals surface area contributed by atoms with E-state index in [1.165, 1.54) is 21.9 Å². The Bertz CT molecular complexity index is 1030. The van der Waals surface area contributed by atoms with Crippen molar-refractivity contribution >= 4 is 38.5 Å². The zero-order chi connectivity index (χ0) is 18.1. The summed E-state index contributed by atoms with van der Waals surface area (Å²) >= 11 is 1.49. The van der Waals surface area contributed by atoms with Gasteiger partial charge in [-0.25, -0.2) is 12.7 Å². The Balaban J connectivity index is 1.53. The molecule has 4 rings (SSSR count). The maximum Gasteiger partial charge on any atom is 0.234 e. The monoisotopic (exact) mass is 389 g/mol. The van der Waals surface area contributed by atoms with E-state index in [2.05, 4.69) is 15.3 Å². The largest absolute Gasteiger partial charge is 0.234 e. The van der Waals surface area contributed by atoms with Crippen molar-refractivity contribution in [1.82, 2.24) is 24.1 Å². The van der Waals surface area contributed by atoms with Gasteiger partial charge < -0.3 is 0 Å². The van der Waals surface area contributed by atoms with E-state index in [9.17, 15) is 8.42 Å². The highest BCUT2D eigenvalue weighted by atomic mass is 32.2. The first-order chi connectivity index (χ1) is 12.5. The lowest BCUT2D eigenvalue weighted by Crippen LogP contribution is -2.37. The van der Waals surface area contributed by atoms with Crippen LogP contribution in [0.25, 0.3) is 17.1 Å². The Labute approximate surface area is 156 Å². The van der Waals surface area contributed by atoms with Gasteiger partial charge in [0.2, 0.25) is 15.0 Å². The summed E-state index contributed by atoms with van der Waals surface area (Å²) in [5, 5.41) is 14.0. The number of hydrogen-bond acceptors (Lipinski definition) is 6. The summed E-state index contributed by atoms with van der Waals surface area (Å²) in [7, 11) is -3.12. The molecule has 0 aliphatic carbocycles. The lowest BCUT2D eigenvalue weighted by atomic mass is 9.97. The van der Waals surface area contributed by atoms with E-state index in [4.69, 9.17) is 0 Å². The van der Waals surface area contributed by atoms with Crippen LogP contribution in [0, 0.1) is 0 Å². The van der Waals surface area contributed by atoms with Gasteiger partial charge in [0.05, 0.1) is 6.26 Å². The van der Waals surface area contributed by atoms with Crippen LogP contribution in [0.4, 0.5) is 0 Å². The van der Waals surface area contributed by atoms with Crippen LogP contribution in [0.5, 0.6) is 0 Å². The summed E-state index contributed by atoms with van der Waals surface area (Å²) in [5.41, 5.74) is 1.12. The predicted octanol–water partition coefficient (Wildman–Crippen LogP) is 2.50. The van der Waals surface area contributed by atoms with Crippen molar-refractivity contribution in [2.75, 3.05) is 19.3 Å². The maximum absolute atomic E-state index is 11.7. The van der Waals surface area contributed by atoms with Crippen molar-refractivity contribution < 1.29 is 8.42 Å². The molecule has 1 aromatic carbocycles. The topological polar surface area (TPSA) is 80.5 Å². The summed E-state index contributed by atoms with van der Waals surface area (Å²) in [5.74, 6) is 1.000. The molecule has 0 bridgehead atoms. The first-order valence-corrected chi connectivity index (χ1v) is 11.1. The molecule has 0 amide bonds. The Morgan fingerprint density at radius 1 is 1.12 bits per heavy atom. The number of sulfonamides is 1. The first-order valence-electron chi connectivity index (χ1n) is 8.41. The molecule has 0 N–H and O–H groups in total. The van der Waals surface area contributed by atoms with Crippen molar-refractivity contribution in [3.05, 3.63) is 46.7 Å². The van der Waals surface area contributed by atoms with Crippen LogP contribution in [-0.2, 0) is 10.0 Å². The van der Waals surface area contributed by atoms with Crippen molar-refractivity contribution in [1.29, 1.82) is 0 Å². The van der Waals surface area contributed by atoms with Crippen molar-refractivity contribution in [2.45, 2.75) is 18.8 Å². The molecule has 0 atom stereocenters. The smallest absolute Gasteiger partial charge is 0.213 e. The Morgan fingerprint density at radius 3 is 2.54 bits per heavy atom. The average molecular weight is 390 g/mol. The van der Waals surface area contributed by atoms with Gasteiger partial charge in [0, 0.05) is 19.0 Å². The Hall–Kier alpha value is -2.10. The molecule has 0 radical (unpaired) electrons. The number of benzene rings is 1. The Morgan fingerprint density at radius 2 is 1.85 bits per heavy atom. The fraction of sp³-hybridized carbons (Fsp3) is 0.353. The van der Waals surface area contributed by atoms with Crippen LogP contribution >= 0.6 is 11.3 Å². The fourth-order valence-corrected chi connectivity index (χ4v) is 4.77. The second-order valence-corrected chi connectivity index (χ2v) is 9.34. The lowest BCUT2D eigenvalue weighted by molar-refractivity contribution is 0.313. The molecule has 2 aromatic heterocycles. The van der Waals surface area contributed by atoms with Crippen molar-refractivity contribution in [2.24, 2.45) is 0 Å². The molecule has 1 saturated heterocycles. The molecule has 0 unspecified atom stereocenters. The van der Waals surface area contributed by atoms with Gasteiger partial charge in [-0.05, 0) is 24.5 Å². The fourth-order valence-electron chi connectivity index (χ4n) is 3.15. The minimum absolute atomic E-state index is 0.177. The minimum Gasteiger partial charge on any atom is -0.213 e. The van der Waals surface area contributed by atoms with Gasteiger partial charge in [-0.15, -0.1) is 10.2 Å². The van der Waals surface area contributed by atoms with Crippen LogP contribution in [0.1, 0.15) is 35.2 Å². The van der Waals surface area contributed by atoms with E-state index < -0.39 is 10.0 Å². The maximum atomic E-state index is 11.7. The van der Waals surface area contributed by atoms with Crippen molar-refractivity contribution in [3.63, 3.8) is 0 Å². The standard InChI is InChI=1S/C17H19N5O2S2/c1-26(23,24)21-11-9-14(10-12-21)16-18-19-17-22(16)20-15(25-17)8-7-13-5-3-2-4-6-13/h2-8,14H,9-12H2,1H3. The molecule has 26 heavy (non-hydrogen) atoms. The van der Waals surface area contributed by atoms with E-state index >= 15 is 0 Å². The van der Waals surface area contributed by atoms with E-state index in [-0.39, 0.29) is 5.92 Å². The molecule has 1 aliphatic heterocycles. The molecular weight excluding hydrogens is 370 g/mol. The number of aromatic nitrogens is 4. The van der Waals surface area contributed by atoms with Gasteiger partial charge in [-0.3, -0.25) is 0 Å². The van der Waals surface area contributed by atoms with Crippen LogP contribution in [0.3, 0.4) is 0 Å². The highest BCUT2D eigenvalue weighted by Crippen LogP contribution is 2.29. The molecule has 7 nitrogen and oxygen atoms in total. The second kappa shape index (κ2) is 6.90. The highest BCUT2D eigenvalue weighted by Gasteiger charge is 2.29. The molecule has 3 aromatic rings. The summed E-state index contributed by atoms with van der Waals surface area (Å²) in [6.45, 7) is 1.03. The quantitative estimate of drug-likeness (QED) is 0.685. The van der Waals surface area contributed by atoms with Gasteiger partial charge >= 0.3 is 0 Å². The molecule has 1 fully saturated rings. The third kappa shape index (κ3) is 3.55. The van der Waals surface area contributed by atoms with Crippen LogP contribution < -0.4 is 0 Å². The second-order valence-electron chi connectivity index (χ2n) is 6.37. The minimum atomic E-state index is -3.12. The SMILES string of the molecule is CS(=O)(=O)N1CCC(c2nnc3sc(C=Cc4ccccc4)nn23)CC1. The Kier molecular flexibility index (Phi) is 4.60. The first kappa shape index (κ1) is 17.3. The number of fused-ring (bicyclic) bond motifs is 1. The molecule has 0 spiro atoms. The van der Waals surface area contributed by atoms with E-state index in [0.29, 0.717) is 13.1 Å². The summed E-state index contributed by atoms with van der Waals surface area (Å²) < 4.78 is 26.6. The van der Waals surface area contributed by atoms with E-state index in [0.717, 1.165) is 34.2 Å². The summed E-state index contributed by atoms with van der Waals surface area (Å²) in [6, 6.07) is 10.1. The number of piperidine rings is 1. The number of hydrogen-bond donors (Lipinski definition) is 0. The zero-order valence-electron chi connectivity index (χ0n) is 14.3. The molecule has 136 valence electrons. The van der Waals surface area contributed by atoms with Gasteiger partial charge in [0.1, 0.15) is 5.01 Å². The van der Waals surface area contributed by atoms with E-state index in [1.807, 2.05) is 42.5 Å². The number of rotatable bonds is 4. The predicted molar refractivity (Wildman–Crippen MR) is 102 cm³/mol. The van der Waals surface area contributed by atoms with Crippen LogP contribution in [-0.4, -0.2) is 51.9 Å². The van der Waals surface area contributed by atoms with Crippen LogP contribution in [0.15, 0.2) is 30.3 Å². The summed E-state index contributed by atoms with van der Waals surface area (Å²) in [4.78, 5) is 0.762. The molecular formula is C17H19N5O2S2. The van der Waals surface area contributed by atoms with Gasteiger partial charge in [0.15, 0.2) is 5.82 Å². The van der Waals surface area contributed by atoms with Crippen LogP contribution in [0.2, 0.25) is 0 Å². The number of nitrogens with zero attached hydrogens (tertiary/aromatic N) is 5.